The number of benzene rings is 1. The first-order valence-electron chi connectivity index (χ1n) is 5.44. The molecule has 0 saturated carbocycles. The van der Waals surface area contributed by atoms with E-state index in [1.807, 2.05) is 13.0 Å². The van der Waals surface area contributed by atoms with Crippen LogP contribution >= 0.6 is 22.6 Å². The van der Waals surface area contributed by atoms with E-state index < -0.39 is 0 Å². The summed E-state index contributed by atoms with van der Waals surface area (Å²) in [5.41, 5.74) is 3.45. The van der Waals surface area contributed by atoms with Gasteiger partial charge in [0.25, 0.3) is 0 Å². The summed E-state index contributed by atoms with van der Waals surface area (Å²) in [6.45, 7) is 4.75. The van der Waals surface area contributed by atoms with Gasteiger partial charge in [-0.2, -0.15) is 0 Å². The molecule has 1 aromatic heterocycles. The average Bonchev–Trinajstić information content (AvgIpc) is 2.31. The van der Waals surface area contributed by atoms with Crippen molar-refractivity contribution in [3.63, 3.8) is 0 Å². The van der Waals surface area contributed by atoms with E-state index in [1.165, 1.54) is 9.13 Å². The maximum atomic E-state index is 4.36. The fourth-order valence-electron chi connectivity index (χ4n) is 1.59. The molecular formula is C13H14IN3. The first-order chi connectivity index (χ1) is 8.16. The van der Waals surface area contributed by atoms with Crippen molar-refractivity contribution in [3.05, 3.63) is 51.1 Å². The fourth-order valence-corrected chi connectivity index (χ4v) is 2.09. The summed E-state index contributed by atoms with van der Waals surface area (Å²) >= 11 is 2.34. The predicted octanol–water partition coefficient (Wildman–Crippen LogP) is 3.31. The number of aryl methyl sites for hydroxylation is 1. The minimum atomic E-state index is 0.726. The Morgan fingerprint density at radius 3 is 2.82 bits per heavy atom. The molecule has 17 heavy (non-hydrogen) atoms. The Hall–Kier alpha value is -1.17. The highest BCUT2D eigenvalue weighted by atomic mass is 127. The molecule has 0 unspecified atom stereocenters. The Morgan fingerprint density at radius 1 is 1.24 bits per heavy atom. The standard InChI is InChI=1S/C13H14IN3/c1-9-12(14)4-3-5-13(9)16-8-11-6-7-15-10(2)17-11/h3-7,16H,8H2,1-2H3. The zero-order chi connectivity index (χ0) is 12.3. The minimum Gasteiger partial charge on any atom is -0.379 e. The first-order valence-corrected chi connectivity index (χ1v) is 6.52. The van der Waals surface area contributed by atoms with Crippen molar-refractivity contribution in [2.24, 2.45) is 0 Å². The van der Waals surface area contributed by atoms with Crippen LogP contribution in [0.2, 0.25) is 0 Å². The summed E-state index contributed by atoms with van der Waals surface area (Å²) in [6, 6.07) is 8.19. The van der Waals surface area contributed by atoms with Gasteiger partial charge in [-0.1, -0.05) is 6.07 Å². The maximum Gasteiger partial charge on any atom is 0.125 e. The highest BCUT2D eigenvalue weighted by Gasteiger charge is 2.01. The Labute approximate surface area is 115 Å². The summed E-state index contributed by atoms with van der Waals surface area (Å²) in [4.78, 5) is 8.45. The van der Waals surface area contributed by atoms with Gasteiger partial charge in [0.2, 0.25) is 0 Å². The zero-order valence-electron chi connectivity index (χ0n) is 9.87. The molecule has 0 spiro atoms. The van der Waals surface area contributed by atoms with Gasteiger partial charge in [0.05, 0.1) is 12.2 Å². The van der Waals surface area contributed by atoms with Crippen LogP contribution in [0.3, 0.4) is 0 Å². The molecule has 0 aliphatic carbocycles. The van der Waals surface area contributed by atoms with E-state index in [2.05, 4.69) is 63.0 Å². The molecule has 0 fully saturated rings. The van der Waals surface area contributed by atoms with Crippen LogP contribution in [0.1, 0.15) is 17.1 Å². The first kappa shape index (κ1) is 12.3. The number of aromatic nitrogens is 2. The summed E-state index contributed by atoms with van der Waals surface area (Å²) in [6.07, 6.45) is 1.79. The van der Waals surface area contributed by atoms with Crippen LogP contribution in [0.15, 0.2) is 30.5 Å². The van der Waals surface area contributed by atoms with E-state index in [-0.39, 0.29) is 0 Å². The molecular weight excluding hydrogens is 325 g/mol. The third kappa shape index (κ3) is 3.15. The maximum absolute atomic E-state index is 4.36. The number of anilines is 1. The number of rotatable bonds is 3. The third-order valence-corrected chi connectivity index (χ3v) is 3.73. The Balaban J connectivity index is 2.10. The van der Waals surface area contributed by atoms with E-state index in [0.29, 0.717) is 0 Å². The molecule has 1 heterocycles. The van der Waals surface area contributed by atoms with Crippen molar-refractivity contribution in [2.45, 2.75) is 20.4 Å². The van der Waals surface area contributed by atoms with E-state index in [9.17, 15) is 0 Å². The quantitative estimate of drug-likeness (QED) is 0.872. The van der Waals surface area contributed by atoms with Crippen LogP contribution in [0.4, 0.5) is 5.69 Å². The lowest BCUT2D eigenvalue weighted by Gasteiger charge is -2.10. The highest BCUT2D eigenvalue weighted by molar-refractivity contribution is 14.1. The van der Waals surface area contributed by atoms with E-state index in [1.54, 1.807) is 6.20 Å². The second kappa shape index (κ2) is 5.44. The molecule has 1 aromatic carbocycles. The van der Waals surface area contributed by atoms with Crippen LogP contribution in [-0.4, -0.2) is 9.97 Å². The molecule has 0 saturated heterocycles. The lowest BCUT2D eigenvalue weighted by molar-refractivity contribution is 0.954. The Kier molecular flexibility index (Phi) is 3.93. The van der Waals surface area contributed by atoms with Crippen molar-refractivity contribution in [1.29, 1.82) is 0 Å². The van der Waals surface area contributed by atoms with Crippen molar-refractivity contribution in [2.75, 3.05) is 5.32 Å². The molecule has 0 aliphatic rings. The van der Waals surface area contributed by atoms with Crippen LogP contribution in [0, 0.1) is 17.4 Å². The Bertz CT molecular complexity index is 526. The van der Waals surface area contributed by atoms with Gasteiger partial charge in [-0.15, -0.1) is 0 Å². The number of hydrogen-bond donors (Lipinski definition) is 1. The molecule has 2 rings (SSSR count). The third-order valence-electron chi connectivity index (χ3n) is 2.56. The number of halogens is 1. The summed E-state index contributed by atoms with van der Waals surface area (Å²) in [7, 11) is 0. The van der Waals surface area contributed by atoms with Crippen molar-refractivity contribution in [1.82, 2.24) is 9.97 Å². The van der Waals surface area contributed by atoms with Gasteiger partial charge >= 0.3 is 0 Å². The molecule has 0 radical (unpaired) electrons. The molecule has 4 heteroatoms. The van der Waals surface area contributed by atoms with Crippen LogP contribution < -0.4 is 5.32 Å². The van der Waals surface area contributed by atoms with Crippen LogP contribution in [0.25, 0.3) is 0 Å². The average molecular weight is 339 g/mol. The van der Waals surface area contributed by atoms with E-state index in [4.69, 9.17) is 0 Å². The highest BCUT2D eigenvalue weighted by Crippen LogP contribution is 2.20. The smallest absolute Gasteiger partial charge is 0.125 e. The summed E-state index contributed by atoms with van der Waals surface area (Å²) < 4.78 is 1.27. The van der Waals surface area contributed by atoms with Crippen molar-refractivity contribution < 1.29 is 0 Å². The number of nitrogens with zero attached hydrogens (tertiary/aromatic N) is 2. The van der Waals surface area contributed by atoms with Gasteiger partial charge in [0.15, 0.2) is 0 Å². The molecule has 88 valence electrons. The molecule has 3 nitrogen and oxygen atoms in total. The molecule has 2 aromatic rings. The topological polar surface area (TPSA) is 37.8 Å². The van der Waals surface area contributed by atoms with Crippen molar-refractivity contribution in [3.8, 4) is 0 Å². The SMILES string of the molecule is Cc1nccc(CNc2cccc(I)c2C)n1. The summed E-state index contributed by atoms with van der Waals surface area (Å²) in [5, 5.41) is 3.40. The predicted molar refractivity (Wildman–Crippen MR) is 78.0 cm³/mol. The molecule has 0 atom stereocenters. The minimum absolute atomic E-state index is 0.726. The fraction of sp³-hybridized carbons (Fsp3) is 0.231. The van der Waals surface area contributed by atoms with Gasteiger partial charge in [-0.25, -0.2) is 9.97 Å². The molecule has 0 amide bonds. The van der Waals surface area contributed by atoms with Gasteiger partial charge in [0.1, 0.15) is 5.82 Å². The second-order valence-corrected chi connectivity index (χ2v) is 5.02. The van der Waals surface area contributed by atoms with Gasteiger partial charge in [-0.05, 0) is 60.2 Å². The van der Waals surface area contributed by atoms with Gasteiger partial charge in [-0.3, -0.25) is 0 Å². The normalized spacial score (nSPS) is 10.3. The lowest BCUT2D eigenvalue weighted by atomic mass is 10.2. The molecule has 0 bridgehead atoms. The summed E-state index contributed by atoms with van der Waals surface area (Å²) in [5.74, 6) is 0.809. The van der Waals surface area contributed by atoms with Crippen molar-refractivity contribution >= 4 is 28.3 Å². The largest absolute Gasteiger partial charge is 0.379 e. The second-order valence-electron chi connectivity index (χ2n) is 3.86. The van der Waals surface area contributed by atoms with E-state index in [0.717, 1.165) is 23.8 Å². The van der Waals surface area contributed by atoms with Crippen LogP contribution in [-0.2, 0) is 6.54 Å². The zero-order valence-corrected chi connectivity index (χ0v) is 12.0. The van der Waals surface area contributed by atoms with Gasteiger partial charge < -0.3 is 5.32 Å². The van der Waals surface area contributed by atoms with Crippen LogP contribution in [0.5, 0.6) is 0 Å². The molecule has 1 N–H and O–H groups in total. The Morgan fingerprint density at radius 2 is 2.06 bits per heavy atom. The van der Waals surface area contributed by atoms with E-state index >= 15 is 0 Å². The number of hydrogen-bond acceptors (Lipinski definition) is 3. The lowest BCUT2D eigenvalue weighted by Crippen LogP contribution is -2.04. The molecule has 0 aliphatic heterocycles. The van der Waals surface area contributed by atoms with Gasteiger partial charge in [0, 0.05) is 15.5 Å². The monoisotopic (exact) mass is 339 g/mol. The number of nitrogens with one attached hydrogen (secondary N) is 1.